The minimum atomic E-state index is 0.274. The minimum absolute atomic E-state index is 0.274. The average molecular weight is 187 g/mol. The molecule has 2 nitrogen and oxygen atoms in total. The molecule has 0 saturated heterocycles. The van der Waals surface area contributed by atoms with E-state index in [-0.39, 0.29) is 5.92 Å². The van der Waals surface area contributed by atoms with Crippen molar-refractivity contribution in [2.75, 3.05) is 0 Å². The first-order chi connectivity index (χ1) is 6.84. The molecular formula is C12H13NO. The molecule has 3 rings (SSSR count). The summed E-state index contributed by atoms with van der Waals surface area (Å²) in [6.07, 6.45) is 5.82. The van der Waals surface area contributed by atoms with Gasteiger partial charge in [0.15, 0.2) is 0 Å². The van der Waals surface area contributed by atoms with Crippen molar-refractivity contribution in [2.24, 2.45) is 11.8 Å². The summed E-state index contributed by atoms with van der Waals surface area (Å²) in [6.45, 7) is 0. The highest BCUT2D eigenvalue weighted by Crippen LogP contribution is 2.36. The number of nitrogens with zero attached hydrogens (tertiary/aromatic N) is 1. The number of fused-ring (bicyclic) bond motifs is 3. The summed E-state index contributed by atoms with van der Waals surface area (Å²) in [5, 5.41) is 0. The third-order valence-corrected chi connectivity index (χ3v) is 3.56. The van der Waals surface area contributed by atoms with Crippen molar-refractivity contribution < 1.29 is 4.79 Å². The number of pyridine rings is 1. The number of ketones is 1. The Bertz CT molecular complexity index is 351. The third kappa shape index (κ3) is 1.10. The summed E-state index contributed by atoms with van der Waals surface area (Å²) < 4.78 is 0. The van der Waals surface area contributed by atoms with Crippen LogP contribution < -0.4 is 0 Å². The van der Waals surface area contributed by atoms with Crippen LogP contribution in [-0.2, 0) is 17.6 Å². The van der Waals surface area contributed by atoms with Crippen LogP contribution in [0.1, 0.15) is 24.1 Å². The van der Waals surface area contributed by atoms with Crippen LogP contribution in [0.4, 0.5) is 0 Å². The second-order valence-electron chi connectivity index (χ2n) is 4.39. The molecule has 1 heterocycles. The smallest absolute Gasteiger partial charge is 0.139 e. The number of rotatable bonds is 0. The molecule has 2 heteroatoms. The first kappa shape index (κ1) is 8.16. The number of hydrogen-bond donors (Lipinski definition) is 0. The zero-order valence-corrected chi connectivity index (χ0v) is 8.07. The molecule has 2 bridgehead atoms. The Morgan fingerprint density at radius 1 is 1.21 bits per heavy atom. The van der Waals surface area contributed by atoms with Gasteiger partial charge in [-0.1, -0.05) is 6.07 Å². The van der Waals surface area contributed by atoms with E-state index in [9.17, 15) is 4.79 Å². The van der Waals surface area contributed by atoms with E-state index in [2.05, 4.69) is 11.1 Å². The van der Waals surface area contributed by atoms with Crippen molar-refractivity contribution in [1.82, 2.24) is 4.98 Å². The molecule has 1 saturated carbocycles. The van der Waals surface area contributed by atoms with Gasteiger partial charge in [0.1, 0.15) is 5.78 Å². The van der Waals surface area contributed by atoms with E-state index in [1.165, 1.54) is 5.56 Å². The van der Waals surface area contributed by atoms with Crippen LogP contribution in [0, 0.1) is 11.8 Å². The van der Waals surface area contributed by atoms with Gasteiger partial charge in [-0.25, -0.2) is 0 Å². The van der Waals surface area contributed by atoms with Crippen molar-refractivity contribution in [1.29, 1.82) is 0 Å². The van der Waals surface area contributed by atoms with E-state index in [0.29, 0.717) is 11.7 Å². The van der Waals surface area contributed by atoms with Crippen LogP contribution in [0.5, 0.6) is 0 Å². The number of carbonyl (C=O) groups excluding carboxylic acids is 1. The van der Waals surface area contributed by atoms with Gasteiger partial charge in [0.2, 0.25) is 0 Å². The molecule has 72 valence electrons. The number of hydrogen-bond acceptors (Lipinski definition) is 2. The van der Waals surface area contributed by atoms with Gasteiger partial charge in [-0.05, 0) is 37.3 Å². The van der Waals surface area contributed by atoms with Crippen molar-refractivity contribution in [3.8, 4) is 0 Å². The Kier molecular flexibility index (Phi) is 1.69. The lowest BCUT2D eigenvalue weighted by Crippen LogP contribution is -2.13. The van der Waals surface area contributed by atoms with Gasteiger partial charge in [-0.2, -0.15) is 0 Å². The van der Waals surface area contributed by atoms with E-state index in [4.69, 9.17) is 0 Å². The lowest BCUT2D eigenvalue weighted by Gasteiger charge is -2.09. The van der Waals surface area contributed by atoms with E-state index in [0.717, 1.165) is 31.4 Å². The maximum absolute atomic E-state index is 11.8. The van der Waals surface area contributed by atoms with Gasteiger partial charge in [0, 0.05) is 23.7 Å². The molecule has 0 amide bonds. The summed E-state index contributed by atoms with van der Waals surface area (Å²) in [7, 11) is 0. The monoisotopic (exact) mass is 187 g/mol. The zero-order valence-electron chi connectivity index (χ0n) is 8.07. The maximum Gasteiger partial charge on any atom is 0.139 e. The fourth-order valence-corrected chi connectivity index (χ4v) is 2.77. The molecule has 2 aliphatic carbocycles. The van der Waals surface area contributed by atoms with Gasteiger partial charge in [0.05, 0.1) is 0 Å². The molecular weight excluding hydrogens is 174 g/mol. The van der Waals surface area contributed by atoms with Gasteiger partial charge < -0.3 is 0 Å². The zero-order chi connectivity index (χ0) is 9.54. The lowest BCUT2D eigenvalue weighted by atomic mass is 9.97. The second kappa shape index (κ2) is 2.91. The quantitative estimate of drug-likeness (QED) is 0.619. The molecule has 0 aromatic carbocycles. The Morgan fingerprint density at radius 3 is 2.86 bits per heavy atom. The standard InChI is InChI=1S/C12H13NO/c14-12-9-3-4-10(12)7-11-8(6-9)2-1-5-13-11/h1-2,5,9-10H,3-4,6-7H2/t9-,10+/m0/s1. The normalized spacial score (nSPS) is 29.9. The molecule has 1 aromatic heterocycles. The molecule has 0 aliphatic heterocycles. The maximum atomic E-state index is 11.8. The predicted molar refractivity (Wildman–Crippen MR) is 52.9 cm³/mol. The molecule has 2 aliphatic rings. The van der Waals surface area contributed by atoms with Crippen LogP contribution in [0.3, 0.4) is 0 Å². The molecule has 0 unspecified atom stereocenters. The average Bonchev–Trinajstić information content (AvgIpc) is 2.44. The summed E-state index contributed by atoms with van der Waals surface area (Å²) in [6, 6.07) is 4.10. The van der Waals surface area contributed by atoms with Crippen LogP contribution >= 0.6 is 0 Å². The summed E-state index contributed by atoms with van der Waals surface area (Å²) in [5.41, 5.74) is 2.46. The highest BCUT2D eigenvalue weighted by atomic mass is 16.1. The molecule has 0 radical (unpaired) electrons. The van der Waals surface area contributed by atoms with E-state index >= 15 is 0 Å². The van der Waals surface area contributed by atoms with E-state index in [1.54, 1.807) is 0 Å². The summed E-state index contributed by atoms with van der Waals surface area (Å²) in [5.74, 6) is 1.06. The molecule has 2 atom stereocenters. The SMILES string of the molecule is O=C1[C@@H]2CC[C@H]1Cc1cccnc1C2. The molecule has 0 N–H and O–H groups in total. The van der Waals surface area contributed by atoms with Crippen molar-refractivity contribution in [2.45, 2.75) is 25.7 Å². The van der Waals surface area contributed by atoms with E-state index in [1.807, 2.05) is 12.3 Å². The van der Waals surface area contributed by atoms with Crippen molar-refractivity contribution in [3.05, 3.63) is 29.6 Å². The van der Waals surface area contributed by atoms with Gasteiger partial charge in [-0.3, -0.25) is 9.78 Å². The Morgan fingerprint density at radius 2 is 2.00 bits per heavy atom. The van der Waals surface area contributed by atoms with Gasteiger partial charge in [0.25, 0.3) is 0 Å². The van der Waals surface area contributed by atoms with Crippen LogP contribution in [0.2, 0.25) is 0 Å². The first-order valence-electron chi connectivity index (χ1n) is 5.31. The fraction of sp³-hybridized carbons (Fsp3) is 0.500. The number of carbonyl (C=O) groups is 1. The predicted octanol–water partition coefficient (Wildman–Crippen LogP) is 1.78. The van der Waals surface area contributed by atoms with Crippen LogP contribution in [0.15, 0.2) is 18.3 Å². The van der Waals surface area contributed by atoms with Crippen LogP contribution in [0.25, 0.3) is 0 Å². The summed E-state index contributed by atoms with van der Waals surface area (Å²) >= 11 is 0. The third-order valence-electron chi connectivity index (χ3n) is 3.56. The Balaban J connectivity index is 2.06. The lowest BCUT2D eigenvalue weighted by molar-refractivity contribution is -0.123. The van der Waals surface area contributed by atoms with Crippen LogP contribution in [-0.4, -0.2) is 10.8 Å². The van der Waals surface area contributed by atoms with Gasteiger partial charge >= 0.3 is 0 Å². The number of Topliss-reactive ketones (excluding diaryl/α,β-unsaturated/α-hetero) is 1. The fourth-order valence-electron chi connectivity index (χ4n) is 2.77. The highest BCUT2D eigenvalue weighted by molar-refractivity contribution is 5.86. The molecule has 14 heavy (non-hydrogen) atoms. The molecule has 1 fully saturated rings. The molecule has 1 aromatic rings. The number of aromatic nitrogens is 1. The topological polar surface area (TPSA) is 30.0 Å². The summed E-state index contributed by atoms with van der Waals surface area (Å²) in [4.78, 5) is 16.2. The first-order valence-corrected chi connectivity index (χ1v) is 5.31. The van der Waals surface area contributed by atoms with Gasteiger partial charge in [-0.15, -0.1) is 0 Å². The largest absolute Gasteiger partial charge is 0.299 e. The molecule has 0 spiro atoms. The van der Waals surface area contributed by atoms with Crippen molar-refractivity contribution in [3.63, 3.8) is 0 Å². The highest BCUT2D eigenvalue weighted by Gasteiger charge is 2.37. The Hall–Kier alpha value is -1.18. The van der Waals surface area contributed by atoms with E-state index < -0.39 is 0 Å². The van der Waals surface area contributed by atoms with Crippen molar-refractivity contribution >= 4 is 5.78 Å². The second-order valence-corrected chi connectivity index (χ2v) is 4.39. The Labute approximate surface area is 83.4 Å². The minimum Gasteiger partial charge on any atom is -0.299 e.